The molecule has 0 fully saturated rings. The van der Waals surface area contributed by atoms with Crippen LogP contribution in [0.4, 0.5) is 0 Å². The third-order valence-corrected chi connectivity index (χ3v) is 4.47. The molecule has 2 unspecified atom stereocenters. The van der Waals surface area contributed by atoms with E-state index in [0.717, 1.165) is 5.56 Å². The molecule has 5 nitrogen and oxygen atoms in total. The highest BCUT2D eigenvalue weighted by Crippen LogP contribution is 2.30. The lowest BCUT2D eigenvalue weighted by Crippen LogP contribution is -2.37. The average Bonchev–Trinajstić information content (AvgIpc) is 2.67. The van der Waals surface area contributed by atoms with Crippen molar-refractivity contribution in [1.82, 2.24) is 5.32 Å². The fraction of sp³-hybridized carbons (Fsp3) is 0.409. The Labute approximate surface area is 161 Å². The quantitative estimate of drug-likeness (QED) is 0.744. The summed E-state index contributed by atoms with van der Waals surface area (Å²) in [5.74, 6) is 2.21. The summed E-state index contributed by atoms with van der Waals surface area (Å²) in [6.07, 6.45) is -0.602. The van der Waals surface area contributed by atoms with E-state index in [4.69, 9.17) is 14.2 Å². The minimum Gasteiger partial charge on any atom is -0.493 e. The summed E-state index contributed by atoms with van der Waals surface area (Å²) >= 11 is 0. The van der Waals surface area contributed by atoms with Crippen LogP contribution in [0.1, 0.15) is 50.8 Å². The molecule has 0 saturated carbocycles. The number of hydrogen-bond donors (Lipinski definition) is 1. The summed E-state index contributed by atoms with van der Waals surface area (Å²) in [5, 5.41) is 2.98. The van der Waals surface area contributed by atoms with Crippen molar-refractivity contribution < 1.29 is 19.0 Å². The summed E-state index contributed by atoms with van der Waals surface area (Å²) in [5.41, 5.74) is 2.11. The van der Waals surface area contributed by atoms with E-state index in [9.17, 15) is 4.79 Å². The van der Waals surface area contributed by atoms with Crippen LogP contribution in [0.15, 0.2) is 42.5 Å². The molecule has 146 valence electrons. The van der Waals surface area contributed by atoms with Crippen LogP contribution in [0.2, 0.25) is 0 Å². The highest BCUT2D eigenvalue weighted by Gasteiger charge is 2.19. The Morgan fingerprint density at radius 2 is 1.59 bits per heavy atom. The Bertz CT molecular complexity index is 773. The highest BCUT2D eigenvalue weighted by molar-refractivity contribution is 5.81. The van der Waals surface area contributed by atoms with Gasteiger partial charge in [-0.05, 0) is 55.2 Å². The molecule has 0 bridgehead atoms. The monoisotopic (exact) mass is 371 g/mol. The number of carbonyl (C=O) groups excluding carboxylic acids is 1. The highest BCUT2D eigenvalue weighted by atomic mass is 16.5. The maximum absolute atomic E-state index is 12.5. The van der Waals surface area contributed by atoms with Gasteiger partial charge in [0.2, 0.25) is 0 Å². The van der Waals surface area contributed by atoms with Gasteiger partial charge >= 0.3 is 0 Å². The van der Waals surface area contributed by atoms with Gasteiger partial charge in [0, 0.05) is 0 Å². The molecule has 0 heterocycles. The Morgan fingerprint density at radius 1 is 0.889 bits per heavy atom. The molecule has 0 saturated heterocycles. The number of benzene rings is 2. The summed E-state index contributed by atoms with van der Waals surface area (Å²) < 4.78 is 16.4. The molecule has 2 atom stereocenters. The third-order valence-electron chi connectivity index (χ3n) is 4.47. The topological polar surface area (TPSA) is 56.8 Å². The normalized spacial score (nSPS) is 13.0. The third kappa shape index (κ3) is 5.39. The van der Waals surface area contributed by atoms with Crippen LogP contribution in [0, 0.1) is 0 Å². The van der Waals surface area contributed by atoms with Gasteiger partial charge in [-0.15, -0.1) is 0 Å². The Hall–Kier alpha value is -2.69. The van der Waals surface area contributed by atoms with Gasteiger partial charge in [-0.25, -0.2) is 0 Å². The fourth-order valence-corrected chi connectivity index (χ4v) is 2.74. The lowest BCUT2D eigenvalue weighted by molar-refractivity contribution is -0.127. The molecule has 0 aliphatic carbocycles. The van der Waals surface area contributed by atoms with Crippen molar-refractivity contribution in [3.63, 3.8) is 0 Å². The van der Waals surface area contributed by atoms with E-state index >= 15 is 0 Å². The van der Waals surface area contributed by atoms with Crippen LogP contribution in [0.5, 0.6) is 17.2 Å². The van der Waals surface area contributed by atoms with Crippen molar-refractivity contribution in [2.75, 3.05) is 14.2 Å². The molecule has 2 aromatic carbocycles. The minimum absolute atomic E-state index is 0.174. The van der Waals surface area contributed by atoms with Gasteiger partial charge in [-0.2, -0.15) is 0 Å². The fourth-order valence-electron chi connectivity index (χ4n) is 2.74. The van der Waals surface area contributed by atoms with Crippen molar-refractivity contribution in [2.45, 2.75) is 45.8 Å². The molecular formula is C22H29NO4. The number of rotatable bonds is 8. The largest absolute Gasteiger partial charge is 0.493 e. The molecule has 0 aliphatic rings. The number of nitrogens with one attached hydrogen (secondary N) is 1. The predicted molar refractivity (Wildman–Crippen MR) is 107 cm³/mol. The van der Waals surface area contributed by atoms with E-state index in [1.54, 1.807) is 21.1 Å². The van der Waals surface area contributed by atoms with Gasteiger partial charge in [-0.1, -0.05) is 32.0 Å². The number of ether oxygens (including phenoxy) is 3. The number of methoxy groups -OCH3 is 2. The number of hydrogen-bond acceptors (Lipinski definition) is 4. The zero-order valence-corrected chi connectivity index (χ0v) is 16.9. The Balaban J connectivity index is 2.02. The van der Waals surface area contributed by atoms with E-state index in [-0.39, 0.29) is 11.9 Å². The second kappa shape index (κ2) is 9.31. The summed E-state index contributed by atoms with van der Waals surface area (Å²) in [7, 11) is 3.18. The molecule has 0 aliphatic heterocycles. The summed E-state index contributed by atoms with van der Waals surface area (Å²) in [6, 6.07) is 13.3. The molecule has 1 N–H and O–H groups in total. The van der Waals surface area contributed by atoms with Gasteiger partial charge < -0.3 is 19.5 Å². The van der Waals surface area contributed by atoms with E-state index in [2.05, 4.69) is 25.2 Å². The first-order valence-corrected chi connectivity index (χ1v) is 9.14. The van der Waals surface area contributed by atoms with Crippen LogP contribution in [0.25, 0.3) is 0 Å². The molecule has 27 heavy (non-hydrogen) atoms. The van der Waals surface area contributed by atoms with Crippen molar-refractivity contribution in [2.24, 2.45) is 0 Å². The van der Waals surface area contributed by atoms with Crippen LogP contribution in [-0.2, 0) is 4.79 Å². The van der Waals surface area contributed by atoms with Gasteiger partial charge in [-0.3, -0.25) is 4.79 Å². The lowest BCUT2D eigenvalue weighted by Gasteiger charge is -2.20. The van der Waals surface area contributed by atoms with Gasteiger partial charge in [0.15, 0.2) is 17.6 Å². The standard InChI is InChI=1S/C22H29NO4/c1-14(2)17-8-7-9-19(12-17)27-16(4)22(24)23-15(3)18-10-11-20(25-5)21(13-18)26-6/h7-16H,1-6H3,(H,23,24). The maximum atomic E-state index is 12.5. The molecule has 0 spiro atoms. The number of carbonyl (C=O) groups is 1. The maximum Gasteiger partial charge on any atom is 0.261 e. The SMILES string of the molecule is COc1ccc(C(C)NC(=O)C(C)Oc2cccc(C(C)C)c2)cc1OC. The van der Waals surface area contributed by atoms with Crippen molar-refractivity contribution in [3.05, 3.63) is 53.6 Å². The molecule has 5 heteroatoms. The van der Waals surface area contributed by atoms with Crippen molar-refractivity contribution >= 4 is 5.91 Å². The minimum atomic E-state index is -0.602. The van der Waals surface area contributed by atoms with E-state index in [0.29, 0.717) is 23.2 Å². The van der Waals surface area contributed by atoms with E-state index in [1.165, 1.54) is 5.56 Å². The summed E-state index contributed by atoms with van der Waals surface area (Å²) in [4.78, 5) is 12.5. The second-order valence-corrected chi connectivity index (χ2v) is 6.83. The first-order chi connectivity index (χ1) is 12.8. The van der Waals surface area contributed by atoms with Gasteiger partial charge in [0.1, 0.15) is 5.75 Å². The van der Waals surface area contributed by atoms with Crippen molar-refractivity contribution in [1.29, 1.82) is 0 Å². The van der Waals surface area contributed by atoms with Crippen LogP contribution in [-0.4, -0.2) is 26.2 Å². The van der Waals surface area contributed by atoms with Crippen LogP contribution < -0.4 is 19.5 Å². The van der Waals surface area contributed by atoms with Crippen molar-refractivity contribution in [3.8, 4) is 17.2 Å². The smallest absolute Gasteiger partial charge is 0.261 e. The van der Waals surface area contributed by atoms with E-state index in [1.807, 2.05) is 43.3 Å². The van der Waals surface area contributed by atoms with Gasteiger partial charge in [0.25, 0.3) is 5.91 Å². The predicted octanol–water partition coefficient (Wildman–Crippen LogP) is 4.47. The molecule has 0 radical (unpaired) electrons. The molecular weight excluding hydrogens is 342 g/mol. The zero-order chi connectivity index (χ0) is 20.0. The first kappa shape index (κ1) is 20.6. The summed E-state index contributed by atoms with van der Waals surface area (Å²) in [6.45, 7) is 7.92. The Morgan fingerprint density at radius 3 is 2.22 bits per heavy atom. The number of amides is 1. The van der Waals surface area contributed by atoms with E-state index < -0.39 is 6.10 Å². The van der Waals surface area contributed by atoms with Crippen LogP contribution >= 0.6 is 0 Å². The molecule has 0 aromatic heterocycles. The molecule has 2 aromatic rings. The van der Waals surface area contributed by atoms with Crippen LogP contribution in [0.3, 0.4) is 0 Å². The molecule has 1 amide bonds. The zero-order valence-electron chi connectivity index (χ0n) is 16.9. The average molecular weight is 371 g/mol. The Kier molecular flexibility index (Phi) is 7.11. The first-order valence-electron chi connectivity index (χ1n) is 9.14. The van der Waals surface area contributed by atoms with Gasteiger partial charge in [0.05, 0.1) is 20.3 Å². The lowest BCUT2D eigenvalue weighted by atomic mass is 10.0. The second-order valence-electron chi connectivity index (χ2n) is 6.83. The molecule has 2 rings (SSSR count).